The molecule has 0 saturated heterocycles. The number of aromatic nitrogens is 2. The first-order chi connectivity index (χ1) is 13.7. The third-order valence-corrected chi connectivity index (χ3v) is 4.86. The molecule has 1 aromatic heterocycles. The van der Waals surface area contributed by atoms with Gasteiger partial charge in [0.05, 0.1) is 17.5 Å². The van der Waals surface area contributed by atoms with Crippen LogP contribution in [-0.2, 0) is 19.5 Å². The van der Waals surface area contributed by atoms with Gasteiger partial charge in [-0.25, -0.2) is 10.4 Å². The van der Waals surface area contributed by atoms with Crippen molar-refractivity contribution in [2.24, 2.45) is 5.10 Å². The normalized spacial score (nSPS) is 14.2. The van der Waals surface area contributed by atoms with Crippen LogP contribution in [-0.4, -0.2) is 27.6 Å². The highest BCUT2D eigenvalue weighted by Crippen LogP contribution is 2.17. The first kappa shape index (κ1) is 18.4. The Kier molecular flexibility index (Phi) is 5.50. The smallest absolute Gasteiger partial charge is 0.257 e. The largest absolute Gasteiger partial charge is 0.294 e. The van der Waals surface area contributed by atoms with Crippen molar-refractivity contribution in [2.75, 3.05) is 12.0 Å². The van der Waals surface area contributed by atoms with Gasteiger partial charge in [0.25, 0.3) is 5.56 Å². The second-order valence-corrected chi connectivity index (χ2v) is 7.15. The quantitative estimate of drug-likeness (QED) is 0.514. The Morgan fingerprint density at radius 2 is 2.07 bits per heavy atom. The number of H-pyrrole nitrogens is 1. The number of rotatable bonds is 5. The van der Waals surface area contributed by atoms with Crippen LogP contribution < -0.4 is 11.0 Å². The Bertz CT molecular complexity index is 1050. The molecule has 0 bridgehead atoms. The maximum atomic E-state index is 12.5. The van der Waals surface area contributed by atoms with Crippen LogP contribution in [0.2, 0.25) is 5.02 Å². The van der Waals surface area contributed by atoms with E-state index in [0.29, 0.717) is 17.5 Å². The van der Waals surface area contributed by atoms with Gasteiger partial charge in [-0.2, -0.15) is 5.10 Å². The summed E-state index contributed by atoms with van der Waals surface area (Å²) in [6, 6.07) is 17.6. The van der Waals surface area contributed by atoms with Gasteiger partial charge >= 0.3 is 0 Å². The molecule has 142 valence electrons. The second-order valence-electron chi connectivity index (χ2n) is 6.71. The summed E-state index contributed by atoms with van der Waals surface area (Å²) < 4.78 is 0. The first-order valence-electron chi connectivity index (χ1n) is 9.10. The number of aromatic amines is 1. The third kappa shape index (κ3) is 4.47. The van der Waals surface area contributed by atoms with Crippen molar-refractivity contribution in [3.8, 4) is 0 Å². The Balaban J connectivity index is 1.44. The lowest BCUT2D eigenvalue weighted by molar-refractivity contribution is 0.242. The van der Waals surface area contributed by atoms with Crippen LogP contribution in [0.1, 0.15) is 22.4 Å². The van der Waals surface area contributed by atoms with Crippen molar-refractivity contribution in [2.45, 2.75) is 19.5 Å². The zero-order chi connectivity index (χ0) is 19.3. The third-order valence-electron chi connectivity index (χ3n) is 4.63. The molecule has 0 unspecified atom stereocenters. The van der Waals surface area contributed by atoms with E-state index in [4.69, 9.17) is 11.6 Å². The predicted molar refractivity (Wildman–Crippen MR) is 112 cm³/mol. The number of nitrogens with one attached hydrogen (secondary N) is 2. The molecule has 7 heteroatoms. The lowest BCUT2D eigenvalue weighted by Gasteiger charge is -2.27. The van der Waals surface area contributed by atoms with Crippen molar-refractivity contribution in [1.82, 2.24) is 14.9 Å². The van der Waals surface area contributed by atoms with Crippen molar-refractivity contribution < 1.29 is 0 Å². The molecule has 1 aliphatic rings. The van der Waals surface area contributed by atoms with E-state index in [0.717, 1.165) is 36.3 Å². The number of fused-ring (bicyclic) bond motifs is 1. The van der Waals surface area contributed by atoms with E-state index in [2.05, 4.69) is 37.5 Å². The van der Waals surface area contributed by atoms with Crippen molar-refractivity contribution in [3.63, 3.8) is 0 Å². The van der Waals surface area contributed by atoms with Gasteiger partial charge in [0.2, 0.25) is 5.95 Å². The molecule has 0 atom stereocenters. The van der Waals surface area contributed by atoms with Gasteiger partial charge in [0, 0.05) is 31.1 Å². The fourth-order valence-electron chi connectivity index (χ4n) is 3.27. The number of nitrogens with zero attached hydrogens (tertiary/aromatic N) is 3. The minimum absolute atomic E-state index is 0.122. The van der Waals surface area contributed by atoms with Crippen LogP contribution in [0.3, 0.4) is 0 Å². The van der Waals surface area contributed by atoms with Crippen LogP contribution in [0, 0.1) is 0 Å². The van der Waals surface area contributed by atoms with E-state index < -0.39 is 0 Å². The highest BCUT2D eigenvalue weighted by Gasteiger charge is 2.21. The first-order valence-corrected chi connectivity index (χ1v) is 9.48. The Hall–Kier alpha value is -2.96. The van der Waals surface area contributed by atoms with Crippen LogP contribution in [0.25, 0.3) is 0 Å². The molecule has 0 fully saturated rings. The van der Waals surface area contributed by atoms with E-state index >= 15 is 0 Å². The minimum Gasteiger partial charge on any atom is -0.294 e. The summed E-state index contributed by atoms with van der Waals surface area (Å²) in [5.41, 5.74) is 6.33. The number of hydrogen-bond donors (Lipinski definition) is 2. The lowest BCUT2D eigenvalue weighted by Crippen LogP contribution is -2.35. The molecule has 2 N–H and O–H groups in total. The van der Waals surface area contributed by atoms with Gasteiger partial charge in [0.15, 0.2) is 0 Å². The zero-order valence-corrected chi connectivity index (χ0v) is 16.0. The van der Waals surface area contributed by atoms with E-state index in [9.17, 15) is 4.79 Å². The van der Waals surface area contributed by atoms with E-state index in [1.807, 2.05) is 30.3 Å². The number of anilines is 1. The summed E-state index contributed by atoms with van der Waals surface area (Å²) in [6.07, 6.45) is 2.37. The number of hydrogen-bond acceptors (Lipinski definition) is 5. The summed E-state index contributed by atoms with van der Waals surface area (Å²) in [5.74, 6) is 0.346. The van der Waals surface area contributed by atoms with Crippen LogP contribution in [0.5, 0.6) is 0 Å². The summed E-state index contributed by atoms with van der Waals surface area (Å²) in [7, 11) is 0. The fraction of sp³-hybridized carbons (Fsp3) is 0.190. The van der Waals surface area contributed by atoms with Gasteiger partial charge in [-0.3, -0.25) is 14.7 Å². The van der Waals surface area contributed by atoms with Crippen LogP contribution in [0.4, 0.5) is 5.95 Å². The molecule has 28 heavy (non-hydrogen) atoms. The molecule has 3 aromatic rings. The summed E-state index contributed by atoms with van der Waals surface area (Å²) in [6.45, 7) is 2.28. The molecule has 0 spiro atoms. The Morgan fingerprint density at radius 1 is 1.21 bits per heavy atom. The average Bonchev–Trinajstić information content (AvgIpc) is 2.69. The highest BCUT2D eigenvalue weighted by atomic mass is 35.5. The average molecular weight is 394 g/mol. The molecule has 2 heterocycles. The Labute approximate surface area is 167 Å². The van der Waals surface area contributed by atoms with Gasteiger partial charge in [0.1, 0.15) is 0 Å². The molecule has 0 radical (unpaired) electrons. The topological polar surface area (TPSA) is 73.4 Å². The molecule has 0 aliphatic carbocycles. The van der Waals surface area contributed by atoms with Gasteiger partial charge < -0.3 is 0 Å². The molecule has 4 rings (SSSR count). The summed E-state index contributed by atoms with van der Waals surface area (Å²) >= 11 is 5.96. The van der Waals surface area contributed by atoms with E-state index in [-0.39, 0.29) is 5.56 Å². The standard InChI is InChI=1S/C21H20ClN5O/c22-17-8-4-7-16(11-17)12-23-26-21-24-19-9-10-27(14-18(19)20(28)25-21)13-15-5-2-1-3-6-15/h1-8,11-12H,9-10,13-14H2,(H2,24,25,26,28)/b23-12-. The summed E-state index contributed by atoms with van der Waals surface area (Å²) in [5, 5.41) is 4.78. The summed E-state index contributed by atoms with van der Waals surface area (Å²) in [4.78, 5) is 22.1. The molecule has 6 nitrogen and oxygen atoms in total. The van der Waals surface area contributed by atoms with Crippen molar-refractivity contribution in [3.05, 3.63) is 92.4 Å². The van der Waals surface area contributed by atoms with Crippen molar-refractivity contribution >= 4 is 23.8 Å². The Morgan fingerprint density at radius 3 is 2.89 bits per heavy atom. The maximum Gasteiger partial charge on any atom is 0.257 e. The monoisotopic (exact) mass is 393 g/mol. The van der Waals surface area contributed by atoms with Gasteiger partial charge in [-0.15, -0.1) is 0 Å². The molecule has 0 amide bonds. The van der Waals surface area contributed by atoms with Crippen LogP contribution in [0.15, 0.2) is 64.5 Å². The van der Waals surface area contributed by atoms with Crippen molar-refractivity contribution in [1.29, 1.82) is 0 Å². The van der Waals surface area contributed by atoms with E-state index in [1.165, 1.54) is 5.56 Å². The molecular formula is C21H20ClN5O. The minimum atomic E-state index is -0.122. The van der Waals surface area contributed by atoms with Gasteiger partial charge in [-0.1, -0.05) is 54.1 Å². The number of benzene rings is 2. The maximum absolute atomic E-state index is 12.5. The number of halogens is 1. The zero-order valence-electron chi connectivity index (χ0n) is 15.2. The van der Waals surface area contributed by atoms with Crippen LogP contribution >= 0.6 is 11.6 Å². The molecule has 2 aromatic carbocycles. The highest BCUT2D eigenvalue weighted by molar-refractivity contribution is 6.30. The van der Waals surface area contributed by atoms with Gasteiger partial charge in [-0.05, 0) is 23.3 Å². The SMILES string of the molecule is O=c1[nH]c(N/N=C\c2cccc(Cl)c2)nc2c1CN(Cc1ccccc1)CC2. The molecular weight excluding hydrogens is 374 g/mol. The molecule has 0 saturated carbocycles. The second kappa shape index (κ2) is 8.37. The molecule has 1 aliphatic heterocycles. The number of hydrazone groups is 1. The van der Waals surface area contributed by atoms with E-state index in [1.54, 1.807) is 18.3 Å². The predicted octanol–water partition coefficient (Wildman–Crippen LogP) is 3.43. The fourth-order valence-corrected chi connectivity index (χ4v) is 3.46. The lowest BCUT2D eigenvalue weighted by atomic mass is 10.1.